The Bertz CT molecular complexity index is 351. The van der Waals surface area contributed by atoms with E-state index >= 15 is 0 Å². The van der Waals surface area contributed by atoms with Crippen molar-refractivity contribution in [2.75, 3.05) is 18.5 Å². The third kappa shape index (κ3) is 0.790. The van der Waals surface area contributed by atoms with Crippen LogP contribution in [0.5, 0.6) is 0 Å². The highest BCUT2D eigenvalue weighted by molar-refractivity contribution is 5.31. The number of fused-ring (bicyclic) bond motifs is 1. The summed E-state index contributed by atoms with van der Waals surface area (Å²) >= 11 is 0. The summed E-state index contributed by atoms with van der Waals surface area (Å²) in [4.78, 5) is 13.5. The van der Waals surface area contributed by atoms with E-state index in [0.29, 0.717) is 6.54 Å². The molecule has 0 amide bonds. The number of nitrogens with zero attached hydrogens (tertiary/aromatic N) is 4. The fraction of sp³-hybridized carbons (Fsp3) is 0.714. The van der Waals surface area contributed by atoms with Gasteiger partial charge in [-0.15, -0.1) is 5.10 Å². The second kappa shape index (κ2) is 2.36. The monoisotopic (exact) mass is 168 g/mol. The lowest BCUT2D eigenvalue weighted by atomic mass is 10.6. The van der Waals surface area contributed by atoms with E-state index < -0.39 is 0 Å². The Morgan fingerprint density at radius 2 is 2.25 bits per heavy atom. The topological polar surface area (TPSA) is 43.1 Å². The number of hydrogen-bond acceptors (Lipinski definition) is 3. The Balaban J connectivity index is 2.57. The average Bonchev–Trinajstić information content (AvgIpc) is 2.55. The van der Waals surface area contributed by atoms with Crippen LogP contribution in [0.4, 0.5) is 5.95 Å². The number of likely N-dealkylation sites (N-methyl/N-ethyl adjacent to an activating group) is 1. The summed E-state index contributed by atoms with van der Waals surface area (Å²) in [6, 6.07) is 0. The van der Waals surface area contributed by atoms with Crippen molar-refractivity contribution < 1.29 is 0 Å². The van der Waals surface area contributed by atoms with Crippen molar-refractivity contribution in [3.05, 3.63) is 10.5 Å². The molecule has 0 radical (unpaired) electrons. The van der Waals surface area contributed by atoms with Crippen LogP contribution >= 0.6 is 0 Å². The minimum atomic E-state index is 0.0110. The SMILES string of the molecule is CCn1nc2n(c1=O)CCN2C. The van der Waals surface area contributed by atoms with E-state index in [-0.39, 0.29) is 5.69 Å². The Morgan fingerprint density at radius 1 is 1.50 bits per heavy atom. The molecule has 2 heterocycles. The van der Waals surface area contributed by atoms with Gasteiger partial charge in [0, 0.05) is 26.7 Å². The van der Waals surface area contributed by atoms with E-state index in [2.05, 4.69) is 5.10 Å². The lowest BCUT2D eigenvalue weighted by Gasteiger charge is -2.05. The molecule has 1 aromatic heterocycles. The van der Waals surface area contributed by atoms with Crippen LogP contribution in [0.25, 0.3) is 0 Å². The minimum Gasteiger partial charge on any atom is -0.342 e. The fourth-order valence-corrected chi connectivity index (χ4v) is 1.46. The van der Waals surface area contributed by atoms with Gasteiger partial charge in [-0.3, -0.25) is 4.57 Å². The highest BCUT2D eigenvalue weighted by Gasteiger charge is 2.21. The summed E-state index contributed by atoms with van der Waals surface area (Å²) in [5.41, 5.74) is 0.0110. The van der Waals surface area contributed by atoms with Gasteiger partial charge in [-0.2, -0.15) is 0 Å². The molecule has 5 heteroatoms. The highest BCUT2D eigenvalue weighted by Crippen LogP contribution is 2.12. The Hall–Kier alpha value is -1.26. The molecule has 0 N–H and O–H groups in total. The first kappa shape index (κ1) is 7.39. The van der Waals surface area contributed by atoms with Crippen LogP contribution in [-0.2, 0) is 13.1 Å². The van der Waals surface area contributed by atoms with Gasteiger partial charge in [0.1, 0.15) is 0 Å². The van der Waals surface area contributed by atoms with E-state index in [9.17, 15) is 4.79 Å². The summed E-state index contributed by atoms with van der Waals surface area (Å²) in [6.07, 6.45) is 0. The zero-order valence-electron chi connectivity index (χ0n) is 7.32. The maximum Gasteiger partial charge on any atom is 0.347 e. The molecule has 0 saturated heterocycles. The molecule has 66 valence electrons. The lowest BCUT2D eigenvalue weighted by Crippen LogP contribution is -2.24. The molecule has 0 fully saturated rings. The zero-order valence-corrected chi connectivity index (χ0v) is 7.32. The zero-order chi connectivity index (χ0) is 8.72. The van der Waals surface area contributed by atoms with Crippen molar-refractivity contribution in [1.82, 2.24) is 14.3 Å². The fourth-order valence-electron chi connectivity index (χ4n) is 1.46. The van der Waals surface area contributed by atoms with Gasteiger partial charge in [-0.1, -0.05) is 0 Å². The van der Waals surface area contributed by atoms with E-state index in [1.807, 2.05) is 18.9 Å². The molecule has 0 atom stereocenters. The summed E-state index contributed by atoms with van der Waals surface area (Å²) in [7, 11) is 1.95. The van der Waals surface area contributed by atoms with Crippen LogP contribution in [-0.4, -0.2) is 27.9 Å². The smallest absolute Gasteiger partial charge is 0.342 e. The summed E-state index contributed by atoms with van der Waals surface area (Å²) in [6.45, 7) is 4.23. The molecule has 5 nitrogen and oxygen atoms in total. The first-order valence-corrected chi connectivity index (χ1v) is 4.13. The van der Waals surface area contributed by atoms with Gasteiger partial charge in [0.15, 0.2) is 0 Å². The number of aryl methyl sites for hydroxylation is 1. The maximum absolute atomic E-state index is 11.5. The van der Waals surface area contributed by atoms with Crippen LogP contribution in [0.3, 0.4) is 0 Å². The van der Waals surface area contributed by atoms with E-state index in [4.69, 9.17) is 0 Å². The Morgan fingerprint density at radius 3 is 2.83 bits per heavy atom. The predicted molar refractivity (Wildman–Crippen MR) is 45.4 cm³/mol. The van der Waals surface area contributed by atoms with Crippen LogP contribution in [0, 0.1) is 0 Å². The Kier molecular flexibility index (Phi) is 1.46. The van der Waals surface area contributed by atoms with Crippen molar-refractivity contribution in [2.45, 2.75) is 20.0 Å². The van der Waals surface area contributed by atoms with Gasteiger partial charge < -0.3 is 4.90 Å². The van der Waals surface area contributed by atoms with Gasteiger partial charge in [0.05, 0.1) is 0 Å². The van der Waals surface area contributed by atoms with Crippen molar-refractivity contribution in [3.8, 4) is 0 Å². The number of aromatic nitrogens is 3. The largest absolute Gasteiger partial charge is 0.347 e. The molecule has 1 aromatic rings. The van der Waals surface area contributed by atoms with Crippen molar-refractivity contribution in [3.63, 3.8) is 0 Å². The first-order valence-electron chi connectivity index (χ1n) is 4.13. The summed E-state index contributed by atoms with van der Waals surface area (Å²) < 4.78 is 3.20. The van der Waals surface area contributed by atoms with E-state index in [0.717, 1.165) is 19.0 Å². The molecular formula is C7H12N4O. The molecule has 0 unspecified atom stereocenters. The molecule has 0 spiro atoms. The number of anilines is 1. The van der Waals surface area contributed by atoms with Gasteiger partial charge in [0.25, 0.3) is 0 Å². The van der Waals surface area contributed by atoms with Crippen molar-refractivity contribution >= 4 is 5.95 Å². The number of rotatable bonds is 1. The molecule has 1 aliphatic rings. The first-order chi connectivity index (χ1) is 5.74. The van der Waals surface area contributed by atoms with Crippen LogP contribution in [0.2, 0.25) is 0 Å². The van der Waals surface area contributed by atoms with Gasteiger partial charge in [-0.05, 0) is 6.92 Å². The predicted octanol–water partition coefficient (Wildman–Crippen LogP) is -0.486. The molecule has 0 saturated carbocycles. The Labute approximate surface area is 70.2 Å². The quantitative estimate of drug-likeness (QED) is 0.568. The molecule has 0 bridgehead atoms. The van der Waals surface area contributed by atoms with Crippen molar-refractivity contribution in [1.29, 1.82) is 0 Å². The van der Waals surface area contributed by atoms with Gasteiger partial charge in [-0.25, -0.2) is 9.48 Å². The molecule has 0 aliphatic carbocycles. The van der Waals surface area contributed by atoms with Crippen LogP contribution < -0.4 is 10.6 Å². The third-order valence-electron chi connectivity index (χ3n) is 2.20. The van der Waals surface area contributed by atoms with E-state index in [1.165, 1.54) is 4.68 Å². The van der Waals surface area contributed by atoms with Crippen LogP contribution in [0.15, 0.2) is 4.79 Å². The second-order valence-corrected chi connectivity index (χ2v) is 2.97. The van der Waals surface area contributed by atoms with E-state index in [1.54, 1.807) is 4.57 Å². The average molecular weight is 168 g/mol. The third-order valence-corrected chi connectivity index (χ3v) is 2.20. The molecular weight excluding hydrogens is 156 g/mol. The number of hydrogen-bond donors (Lipinski definition) is 0. The molecule has 0 aromatic carbocycles. The highest BCUT2D eigenvalue weighted by atomic mass is 16.2. The summed E-state index contributed by atoms with van der Waals surface area (Å²) in [5.74, 6) is 0.793. The standard InChI is InChI=1S/C7H12N4O/c1-3-11-7(12)10-5-4-9(2)6(10)8-11/h3-5H2,1-2H3. The normalized spacial score (nSPS) is 15.3. The molecule has 2 rings (SSSR count). The molecule has 1 aliphatic heterocycles. The maximum atomic E-state index is 11.5. The van der Waals surface area contributed by atoms with Crippen LogP contribution in [0.1, 0.15) is 6.92 Å². The second-order valence-electron chi connectivity index (χ2n) is 2.97. The lowest BCUT2D eigenvalue weighted by molar-refractivity contribution is 0.601. The van der Waals surface area contributed by atoms with Gasteiger partial charge >= 0.3 is 5.69 Å². The molecule has 12 heavy (non-hydrogen) atoms. The minimum absolute atomic E-state index is 0.0110. The van der Waals surface area contributed by atoms with Gasteiger partial charge in [0.2, 0.25) is 5.95 Å². The van der Waals surface area contributed by atoms with Crippen molar-refractivity contribution in [2.24, 2.45) is 0 Å². The summed E-state index contributed by atoms with van der Waals surface area (Å²) in [5, 5.41) is 4.18.